The highest BCUT2D eigenvalue weighted by Crippen LogP contribution is 2.52. The number of phenolic OH excluding ortho intramolecular Hbond substituents is 2. The molecule has 2 aliphatic rings. The monoisotopic (exact) mass is 459 g/mol. The van der Waals surface area contributed by atoms with Gasteiger partial charge in [0.2, 0.25) is 0 Å². The Balaban J connectivity index is 1.46. The Labute approximate surface area is 201 Å². The Hall–Kier alpha value is -3.18. The molecule has 5 heteroatoms. The summed E-state index contributed by atoms with van der Waals surface area (Å²) in [5.74, 6) is 2.18. The molecule has 1 aliphatic heterocycles. The van der Waals surface area contributed by atoms with Crippen LogP contribution in [0.3, 0.4) is 0 Å². The number of aromatic hydroxyl groups is 2. The second kappa shape index (κ2) is 9.98. The van der Waals surface area contributed by atoms with Crippen LogP contribution in [0, 0.1) is 0 Å². The fraction of sp³-hybridized carbons (Fsp3) is 0.379. The summed E-state index contributed by atoms with van der Waals surface area (Å²) >= 11 is 0. The molecule has 5 rings (SSSR count). The number of rotatable bonds is 7. The number of hydrogen-bond acceptors (Lipinski definition) is 5. The van der Waals surface area contributed by atoms with Crippen molar-refractivity contribution < 1.29 is 19.7 Å². The van der Waals surface area contributed by atoms with E-state index in [1.165, 1.54) is 25.9 Å². The minimum absolute atomic E-state index is 0.00810. The summed E-state index contributed by atoms with van der Waals surface area (Å²) in [6.45, 7) is 4.01. The molecular formula is C29H33NO4. The first-order valence-electron chi connectivity index (χ1n) is 12.3. The summed E-state index contributed by atoms with van der Waals surface area (Å²) in [4.78, 5) is 2.45. The number of hydrogen-bond donors (Lipinski definition) is 2. The predicted molar refractivity (Wildman–Crippen MR) is 133 cm³/mol. The van der Waals surface area contributed by atoms with Crippen LogP contribution in [0.25, 0.3) is 0 Å². The molecule has 0 unspecified atom stereocenters. The molecule has 34 heavy (non-hydrogen) atoms. The molecule has 0 radical (unpaired) electrons. The molecule has 0 spiro atoms. The van der Waals surface area contributed by atoms with Gasteiger partial charge in [-0.1, -0.05) is 30.3 Å². The van der Waals surface area contributed by atoms with Crippen LogP contribution in [0.1, 0.15) is 53.4 Å². The van der Waals surface area contributed by atoms with Crippen LogP contribution >= 0.6 is 0 Å². The second-order valence-corrected chi connectivity index (χ2v) is 9.37. The van der Waals surface area contributed by atoms with Gasteiger partial charge in [-0.15, -0.1) is 0 Å². The fourth-order valence-corrected chi connectivity index (χ4v) is 5.68. The SMILES string of the molecule is COc1cc(O)cc2c1[C@@H](c1ccc(OCCN3CCCC3)cc1)[C@@H](c1ccccc1O)CC2. The summed E-state index contributed by atoms with van der Waals surface area (Å²) in [5.41, 5.74) is 4.27. The lowest BCUT2D eigenvalue weighted by molar-refractivity contribution is 0.237. The van der Waals surface area contributed by atoms with Crippen LogP contribution in [0.15, 0.2) is 60.7 Å². The maximum Gasteiger partial charge on any atom is 0.126 e. The van der Waals surface area contributed by atoms with Gasteiger partial charge in [0.15, 0.2) is 0 Å². The molecule has 1 heterocycles. The van der Waals surface area contributed by atoms with Crippen LogP contribution in [0.4, 0.5) is 0 Å². The Morgan fingerprint density at radius 3 is 2.47 bits per heavy atom. The zero-order chi connectivity index (χ0) is 23.5. The number of methoxy groups -OCH3 is 1. The molecule has 0 saturated carbocycles. The minimum Gasteiger partial charge on any atom is -0.508 e. The first kappa shape index (κ1) is 22.6. The molecule has 1 aliphatic carbocycles. The lowest BCUT2D eigenvalue weighted by Gasteiger charge is -2.36. The standard InChI is InChI=1S/C29H33NO4/c1-33-27-19-22(31)18-21-10-13-25(24-6-2-3-7-26(24)32)28(29(21)27)20-8-11-23(12-9-20)34-17-16-30-14-4-5-15-30/h2-3,6-9,11-12,18-19,25,28,31-32H,4-5,10,13-17H2,1H3/t25-,28+/m1/s1. The highest BCUT2D eigenvalue weighted by Gasteiger charge is 2.36. The minimum atomic E-state index is -0.00810. The average molecular weight is 460 g/mol. The maximum atomic E-state index is 10.7. The van der Waals surface area contributed by atoms with E-state index < -0.39 is 0 Å². The number of para-hydroxylation sites is 1. The molecule has 0 amide bonds. The number of ether oxygens (including phenoxy) is 2. The van der Waals surface area contributed by atoms with Gasteiger partial charge in [0.05, 0.1) is 7.11 Å². The average Bonchev–Trinajstić information content (AvgIpc) is 3.37. The number of benzene rings is 3. The van der Waals surface area contributed by atoms with Crippen molar-refractivity contribution in [1.82, 2.24) is 4.90 Å². The van der Waals surface area contributed by atoms with Crippen LogP contribution in [0.2, 0.25) is 0 Å². The van der Waals surface area contributed by atoms with Gasteiger partial charge in [-0.25, -0.2) is 0 Å². The molecular weight excluding hydrogens is 426 g/mol. The van der Waals surface area contributed by atoms with Crippen molar-refractivity contribution >= 4 is 0 Å². The van der Waals surface area contributed by atoms with Gasteiger partial charge in [0.1, 0.15) is 29.6 Å². The van der Waals surface area contributed by atoms with Crippen LogP contribution < -0.4 is 9.47 Å². The summed E-state index contributed by atoms with van der Waals surface area (Å²) in [6.07, 6.45) is 4.26. The van der Waals surface area contributed by atoms with Gasteiger partial charge in [0, 0.05) is 24.1 Å². The van der Waals surface area contributed by atoms with Gasteiger partial charge in [0.25, 0.3) is 0 Å². The normalized spacial score (nSPS) is 20.1. The van der Waals surface area contributed by atoms with E-state index in [4.69, 9.17) is 9.47 Å². The van der Waals surface area contributed by atoms with Crippen LogP contribution in [-0.2, 0) is 6.42 Å². The summed E-state index contributed by atoms with van der Waals surface area (Å²) < 4.78 is 11.8. The van der Waals surface area contributed by atoms with E-state index in [0.29, 0.717) is 18.1 Å². The molecule has 0 bridgehead atoms. The van der Waals surface area contributed by atoms with Gasteiger partial charge in [-0.2, -0.15) is 0 Å². The molecule has 178 valence electrons. The fourth-order valence-electron chi connectivity index (χ4n) is 5.68. The first-order chi connectivity index (χ1) is 16.6. The molecule has 2 atom stereocenters. The van der Waals surface area contributed by atoms with Crippen molar-refractivity contribution in [1.29, 1.82) is 0 Å². The number of aryl methyl sites for hydroxylation is 1. The van der Waals surface area contributed by atoms with Crippen LogP contribution in [-0.4, -0.2) is 48.5 Å². The highest BCUT2D eigenvalue weighted by atomic mass is 16.5. The van der Waals surface area contributed by atoms with Gasteiger partial charge < -0.3 is 19.7 Å². The van der Waals surface area contributed by atoms with Crippen molar-refractivity contribution in [3.63, 3.8) is 0 Å². The van der Waals surface area contributed by atoms with Crippen molar-refractivity contribution in [2.45, 2.75) is 37.5 Å². The lowest BCUT2D eigenvalue weighted by Crippen LogP contribution is -2.25. The third-order valence-electron chi connectivity index (χ3n) is 7.32. The van der Waals surface area contributed by atoms with E-state index in [1.54, 1.807) is 19.2 Å². The summed E-state index contributed by atoms with van der Waals surface area (Å²) in [5, 5.41) is 20.9. The topological polar surface area (TPSA) is 62.2 Å². The number of fused-ring (bicyclic) bond motifs is 1. The van der Waals surface area contributed by atoms with E-state index in [1.807, 2.05) is 36.4 Å². The zero-order valence-electron chi connectivity index (χ0n) is 19.7. The molecule has 3 aromatic rings. The van der Waals surface area contributed by atoms with E-state index in [-0.39, 0.29) is 17.6 Å². The number of phenols is 2. The van der Waals surface area contributed by atoms with Crippen molar-refractivity contribution in [2.75, 3.05) is 33.4 Å². The zero-order valence-corrected chi connectivity index (χ0v) is 19.7. The van der Waals surface area contributed by atoms with Crippen molar-refractivity contribution in [3.05, 3.63) is 82.9 Å². The molecule has 1 saturated heterocycles. The molecule has 3 aromatic carbocycles. The molecule has 2 N–H and O–H groups in total. The van der Waals surface area contributed by atoms with E-state index in [0.717, 1.165) is 47.4 Å². The van der Waals surface area contributed by atoms with Gasteiger partial charge >= 0.3 is 0 Å². The maximum absolute atomic E-state index is 10.7. The third kappa shape index (κ3) is 4.58. The Kier molecular flexibility index (Phi) is 6.63. The Morgan fingerprint density at radius 2 is 1.74 bits per heavy atom. The molecule has 5 nitrogen and oxygen atoms in total. The van der Waals surface area contributed by atoms with E-state index in [9.17, 15) is 10.2 Å². The highest BCUT2D eigenvalue weighted by molar-refractivity contribution is 5.56. The second-order valence-electron chi connectivity index (χ2n) is 9.37. The van der Waals surface area contributed by atoms with Crippen LogP contribution in [0.5, 0.6) is 23.0 Å². The summed E-state index contributed by atoms with van der Waals surface area (Å²) in [7, 11) is 1.65. The largest absolute Gasteiger partial charge is 0.508 e. The Bertz CT molecular complexity index is 1100. The smallest absolute Gasteiger partial charge is 0.126 e. The number of likely N-dealkylation sites (tertiary alicyclic amines) is 1. The molecule has 1 fully saturated rings. The van der Waals surface area contributed by atoms with Gasteiger partial charge in [-0.3, -0.25) is 4.90 Å². The first-order valence-corrected chi connectivity index (χ1v) is 12.3. The third-order valence-corrected chi connectivity index (χ3v) is 7.32. The summed E-state index contributed by atoms with van der Waals surface area (Å²) in [6, 6.07) is 19.5. The Morgan fingerprint density at radius 1 is 0.971 bits per heavy atom. The van der Waals surface area contributed by atoms with Crippen molar-refractivity contribution in [3.8, 4) is 23.0 Å². The number of nitrogens with zero attached hydrogens (tertiary/aromatic N) is 1. The quantitative estimate of drug-likeness (QED) is 0.492. The predicted octanol–water partition coefficient (Wildman–Crippen LogP) is 5.44. The lowest BCUT2D eigenvalue weighted by atomic mass is 9.68. The molecule has 0 aromatic heterocycles. The van der Waals surface area contributed by atoms with Gasteiger partial charge in [-0.05, 0) is 85.6 Å². The van der Waals surface area contributed by atoms with Crippen molar-refractivity contribution in [2.24, 2.45) is 0 Å². The van der Waals surface area contributed by atoms with E-state index >= 15 is 0 Å². The van der Waals surface area contributed by atoms with E-state index in [2.05, 4.69) is 17.0 Å².